The number of carboxylic acid groups (broad SMARTS) is 1. The Bertz CT molecular complexity index is 1020. The fraction of sp³-hybridized carbons (Fsp3) is 0.464. The lowest BCUT2D eigenvalue weighted by Gasteiger charge is -2.34. The van der Waals surface area contributed by atoms with E-state index in [9.17, 15) is 14.4 Å². The first kappa shape index (κ1) is 24.8. The highest BCUT2D eigenvalue weighted by Gasteiger charge is 2.32. The third-order valence-electron chi connectivity index (χ3n) is 7.17. The van der Waals surface area contributed by atoms with Crippen molar-refractivity contribution >= 4 is 18.0 Å². The van der Waals surface area contributed by atoms with Crippen LogP contribution in [0.2, 0.25) is 0 Å². The Balaban J connectivity index is 1.36. The SMILES string of the molecule is CCCC[C@H](NC(=O)OCC1c2ccccc2-c2ccccc21)C(=O)N1CCC(CC(=O)O)CC1. The summed E-state index contributed by atoms with van der Waals surface area (Å²) in [6.07, 6.45) is 3.18. The van der Waals surface area contributed by atoms with Crippen molar-refractivity contribution in [1.82, 2.24) is 10.2 Å². The van der Waals surface area contributed by atoms with Crippen LogP contribution < -0.4 is 5.32 Å². The number of hydrogen-bond acceptors (Lipinski definition) is 4. The maximum absolute atomic E-state index is 13.2. The Kier molecular flexibility index (Phi) is 8.06. The van der Waals surface area contributed by atoms with Gasteiger partial charge in [-0.15, -0.1) is 0 Å². The normalized spacial score (nSPS) is 16.3. The van der Waals surface area contributed by atoms with E-state index in [2.05, 4.69) is 29.6 Å². The largest absolute Gasteiger partial charge is 0.481 e. The Morgan fingerprint density at radius 2 is 1.63 bits per heavy atom. The maximum atomic E-state index is 13.2. The average Bonchev–Trinajstić information content (AvgIpc) is 3.18. The van der Waals surface area contributed by atoms with Crippen LogP contribution in [0.25, 0.3) is 11.1 Å². The zero-order valence-corrected chi connectivity index (χ0v) is 20.2. The molecule has 1 fully saturated rings. The monoisotopic (exact) mass is 478 g/mol. The quantitative estimate of drug-likeness (QED) is 0.540. The van der Waals surface area contributed by atoms with E-state index >= 15 is 0 Å². The molecule has 2 N–H and O–H groups in total. The fourth-order valence-electron chi connectivity index (χ4n) is 5.27. The number of rotatable bonds is 9. The van der Waals surface area contributed by atoms with E-state index in [0.717, 1.165) is 24.0 Å². The van der Waals surface area contributed by atoms with E-state index in [-0.39, 0.29) is 30.8 Å². The van der Waals surface area contributed by atoms with Gasteiger partial charge < -0.3 is 20.1 Å². The molecule has 1 aliphatic heterocycles. The number of hydrogen-bond donors (Lipinski definition) is 2. The number of likely N-dealkylation sites (tertiary alicyclic amines) is 1. The molecule has 1 atom stereocenters. The summed E-state index contributed by atoms with van der Waals surface area (Å²) >= 11 is 0. The van der Waals surface area contributed by atoms with E-state index in [1.165, 1.54) is 11.1 Å². The number of amides is 2. The second-order valence-corrected chi connectivity index (χ2v) is 9.53. The van der Waals surface area contributed by atoms with Gasteiger partial charge in [-0.2, -0.15) is 0 Å². The van der Waals surface area contributed by atoms with Crippen LogP contribution in [0.3, 0.4) is 0 Å². The highest BCUT2D eigenvalue weighted by molar-refractivity contribution is 5.86. The van der Waals surface area contributed by atoms with Crippen LogP contribution in [0, 0.1) is 5.92 Å². The van der Waals surface area contributed by atoms with Gasteiger partial charge >= 0.3 is 12.1 Å². The molecule has 2 aliphatic rings. The standard InChI is InChI=1S/C28H34N2O5/c1-2-3-12-25(27(33)30-15-13-19(14-16-30)17-26(31)32)29-28(34)35-18-24-22-10-6-4-8-20(22)21-9-5-7-11-23(21)24/h4-11,19,24-25H,2-3,12-18H2,1H3,(H,29,34)(H,31,32)/t25-/m0/s1. The molecule has 4 rings (SSSR count). The lowest BCUT2D eigenvalue weighted by atomic mass is 9.93. The van der Waals surface area contributed by atoms with Gasteiger partial charge in [-0.25, -0.2) is 4.79 Å². The van der Waals surface area contributed by atoms with Crippen LogP contribution in [0.15, 0.2) is 48.5 Å². The van der Waals surface area contributed by atoms with Crippen molar-refractivity contribution in [3.8, 4) is 11.1 Å². The Labute approximate surface area is 206 Å². The zero-order chi connectivity index (χ0) is 24.8. The molecule has 0 radical (unpaired) electrons. The Morgan fingerprint density at radius 3 is 2.20 bits per heavy atom. The van der Waals surface area contributed by atoms with E-state index in [4.69, 9.17) is 9.84 Å². The van der Waals surface area contributed by atoms with Crippen molar-refractivity contribution in [2.75, 3.05) is 19.7 Å². The summed E-state index contributed by atoms with van der Waals surface area (Å²) in [5.74, 6) is -0.847. The first-order valence-electron chi connectivity index (χ1n) is 12.6. The van der Waals surface area contributed by atoms with Gasteiger partial charge in [0.25, 0.3) is 0 Å². The number of carbonyl (C=O) groups excluding carboxylic acids is 2. The van der Waals surface area contributed by atoms with E-state index < -0.39 is 18.1 Å². The number of alkyl carbamates (subject to hydrolysis) is 1. The molecule has 0 aromatic heterocycles. The summed E-state index contributed by atoms with van der Waals surface area (Å²) in [6.45, 7) is 3.29. The number of carbonyl (C=O) groups is 3. The number of benzene rings is 2. The summed E-state index contributed by atoms with van der Waals surface area (Å²) in [7, 11) is 0. The van der Waals surface area contributed by atoms with Crippen molar-refractivity contribution in [2.45, 2.75) is 57.4 Å². The first-order valence-corrected chi connectivity index (χ1v) is 12.6. The molecule has 0 saturated carbocycles. The van der Waals surface area contributed by atoms with Gasteiger partial charge in [0.15, 0.2) is 0 Å². The molecule has 1 aliphatic carbocycles. The van der Waals surface area contributed by atoms with Crippen molar-refractivity contribution in [2.24, 2.45) is 5.92 Å². The summed E-state index contributed by atoms with van der Waals surface area (Å²) in [4.78, 5) is 38.7. The topological polar surface area (TPSA) is 95.9 Å². The number of carboxylic acids is 1. The van der Waals surface area contributed by atoms with Gasteiger partial charge in [0.1, 0.15) is 12.6 Å². The number of fused-ring (bicyclic) bond motifs is 3. The van der Waals surface area contributed by atoms with Gasteiger partial charge in [0.05, 0.1) is 0 Å². The molecule has 7 heteroatoms. The smallest absolute Gasteiger partial charge is 0.407 e. The summed E-state index contributed by atoms with van der Waals surface area (Å²) in [5, 5.41) is 11.8. The molecule has 1 heterocycles. The lowest BCUT2D eigenvalue weighted by molar-refractivity contribution is -0.139. The van der Waals surface area contributed by atoms with Crippen LogP contribution >= 0.6 is 0 Å². The van der Waals surface area contributed by atoms with Crippen LogP contribution in [0.4, 0.5) is 4.79 Å². The summed E-state index contributed by atoms with van der Waals surface area (Å²) in [6, 6.07) is 15.7. The Morgan fingerprint density at radius 1 is 1.03 bits per heavy atom. The van der Waals surface area contributed by atoms with Gasteiger partial charge in [-0.3, -0.25) is 9.59 Å². The number of nitrogens with one attached hydrogen (secondary N) is 1. The molecule has 0 bridgehead atoms. The Hall–Kier alpha value is -3.35. The van der Waals surface area contributed by atoms with Crippen LogP contribution in [0.5, 0.6) is 0 Å². The van der Waals surface area contributed by atoms with Crippen LogP contribution in [-0.2, 0) is 14.3 Å². The molecule has 186 valence electrons. The molecule has 0 spiro atoms. The van der Waals surface area contributed by atoms with Crippen LogP contribution in [-0.4, -0.2) is 53.7 Å². The number of aliphatic carboxylic acids is 1. The molecule has 2 aromatic rings. The maximum Gasteiger partial charge on any atom is 0.407 e. The highest BCUT2D eigenvalue weighted by atomic mass is 16.5. The predicted octanol–water partition coefficient (Wildman–Crippen LogP) is 4.80. The van der Waals surface area contributed by atoms with Crippen molar-refractivity contribution in [3.63, 3.8) is 0 Å². The molecule has 7 nitrogen and oxygen atoms in total. The van der Waals surface area contributed by atoms with Crippen molar-refractivity contribution in [3.05, 3.63) is 59.7 Å². The molecular formula is C28H34N2O5. The van der Waals surface area contributed by atoms with Gasteiger partial charge in [0.2, 0.25) is 5.91 Å². The molecule has 35 heavy (non-hydrogen) atoms. The number of ether oxygens (including phenoxy) is 1. The third kappa shape index (κ3) is 5.84. The minimum Gasteiger partial charge on any atom is -0.481 e. The van der Waals surface area contributed by atoms with E-state index in [1.54, 1.807) is 4.90 Å². The third-order valence-corrected chi connectivity index (χ3v) is 7.17. The number of piperidine rings is 1. The predicted molar refractivity (Wildman–Crippen MR) is 133 cm³/mol. The average molecular weight is 479 g/mol. The fourth-order valence-corrected chi connectivity index (χ4v) is 5.27. The van der Waals surface area contributed by atoms with Crippen molar-refractivity contribution < 1.29 is 24.2 Å². The highest BCUT2D eigenvalue weighted by Crippen LogP contribution is 2.44. The minimum atomic E-state index is -0.799. The molecule has 0 unspecified atom stereocenters. The lowest BCUT2D eigenvalue weighted by Crippen LogP contribution is -2.51. The summed E-state index contributed by atoms with van der Waals surface area (Å²) in [5.41, 5.74) is 4.62. The van der Waals surface area contributed by atoms with Gasteiger partial charge in [-0.05, 0) is 47.4 Å². The van der Waals surface area contributed by atoms with Crippen molar-refractivity contribution in [1.29, 1.82) is 0 Å². The van der Waals surface area contributed by atoms with Gasteiger partial charge in [0, 0.05) is 25.4 Å². The zero-order valence-electron chi connectivity index (χ0n) is 20.2. The summed E-state index contributed by atoms with van der Waals surface area (Å²) < 4.78 is 5.66. The second kappa shape index (κ2) is 11.4. The number of unbranched alkanes of at least 4 members (excludes halogenated alkanes) is 1. The first-order chi connectivity index (χ1) is 17.0. The second-order valence-electron chi connectivity index (χ2n) is 9.53. The van der Waals surface area contributed by atoms with E-state index in [1.807, 2.05) is 31.2 Å². The van der Waals surface area contributed by atoms with E-state index in [0.29, 0.717) is 32.4 Å². The molecule has 2 amide bonds. The minimum absolute atomic E-state index is 0.0359. The number of nitrogens with zero attached hydrogens (tertiary/aromatic N) is 1. The van der Waals surface area contributed by atoms with Crippen LogP contribution in [0.1, 0.15) is 62.5 Å². The molecule has 2 aromatic carbocycles. The molecular weight excluding hydrogens is 444 g/mol. The van der Waals surface area contributed by atoms with Gasteiger partial charge in [-0.1, -0.05) is 68.3 Å². The molecule has 1 saturated heterocycles.